The van der Waals surface area contributed by atoms with Gasteiger partial charge in [-0.25, -0.2) is 0 Å². The summed E-state index contributed by atoms with van der Waals surface area (Å²) >= 11 is 6.00. The van der Waals surface area contributed by atoms with Crippen LogP contribution in [0.1, 0.15) is 31.7 Å². The molecule has 0 atom stereocenters. The highest BCUT2D eigenvalue weighted by molar-refractivity contribution is 6.31. The zero-order valence-electron chi connectivity index (χ0n) is 9.99. The fourth-order valence-electron chi connectivity index (χ4n) is 2.26. The van der Waals surface area contributed by atoms with Gasteiger partial charge in [0, 0.05) is 29.4 Å². The van der Waals surface area contributed by atoms with Crippen LogP contribution in [0.15, 0.2) is 23.4 Å². The topological polar surface area (TPSA) is 35.8 Å². The van der Waals surface area contributed by atoms with E-state index in [0.717, 1.165) is 24.3 Å². The van der Waals surface area contributed by atoms with Gasteiger partial charge < -0.3 is 10.1 Å². The van der Waals surface area contributed by atoms with E-state index < -0.39 is 0 Å². The van der Waals surface area contributed by atoms with Gasteiger partial charge in [0.25, 0.3) is 0 Å². The Bertz CT molecular complexity index is 425. The maximum atomic E-state index is 8.93. The van der Waals surface area contributed by atoms with Gasteiger partial charge in [0.1, 0.15) is 0 Å². The van der Waals surface area contributed by atoms with E-state index >= 15 is 0 Å². The molecule has 1 aliphatic heterocycles. The van der Waals surface area contributed by atoms with Gasteiger partial charge in [-0.3, -0.25) is 0 Å². The lowest BCUT2D eigenvalue weighted by Crippen LogP contribution is -2.30. The number of rotatable bonds is 2. The van der Waals surface area contributed by atoms with Gasteiger partial charge in [0.15, 0.2) is 0 Å². The summed E-state index contributed by atoms with van der Waals surface area (Å²) in [5.74, 6) is 0. The van der Waals surface area contributed by atoms with E-state index in [1.165, 1.54) is 19.3 Å². The van der Waals surface area contributed by atoms with E-state index in [2.05, 4.69) is 10.1 Å². The normalized spacial score (nSPS) is 17.3. The molecular weight excluding hydrogens is 236 g/mol. The molecule has 1 saturated heterocycles. The molecule has 0 aromatic heterocycles. The molecule has 0 radical (unpaired) electrons. The molecule has 0 unspecified atom stereocenters. The Balaban J connectivity index is 2.37. The van der Waals surface area contributed by atoms with Crippen molar-refractivity contribution in [2.75, 3.05) is 18.0 Å². The van der Waals surface area contributed by atoms with Crippen LogP contribution in [0.25, 0.3) is 0 Å². The monoisotopic (exact) mass is 252 g/mol. The summed E-state index contributed by atoms with van der Waals surface area (Å²) < 4.78 is 0. The van der Waals surface area contributed by atoms with Crippen molar-refractivity contribution in [1.82, 2.24) is 0 Å². The highest BCUT2D eigenvalue weighted by Gasteiger charge is 2.16. The van der Waals surface area contributed by atoms with Crippen LogP contribution in [-0.2, 0) is 0 Å². The number of hydrogen-bond donors (Lipinski definition) is 1. The molecule has 1 aromatic carbocycles. The lowest BCUT2D eigenvalue weighted by atomic mass is 10.0. The van der Waals surface area contributed by atoms with Crippen molar-refractivity contribution in [3.05, 3.63) is 28.8 Å². The van der Waals surface area contributed by atoms with Crippen LogP contribution in [0, 0.1) is 0 Å². The van der Waals surface area contributed by atoms with Crippen LogP contribution in [-0.4, -0.2) is 24.0 Å². The number of benzene rings is 1. The maximum absolute atomic E-state index is 8.93. The second-order valence-electron chi connectivity index (χ2n) is 4.39. The van der Waals surface area contributed by atoms with Crippen molar-refractivity contribution >= 4 is 23.0 Å². The molecule has 1 N–H and O–H groups in total. The molecule has 2 rings (SSSR count). The molecule has 1 aliphatic rings. The van der Waals surface area contributed by atoms with E-state index in [9.17, 15) is 0 Å². The molecule has 0 bridgehead atoms. The number of halogens is 1. The highest BCUT2D eigenvalue weighted by Crippen LogP contribution is 2.27. The number of anilines is 1. The standard InChI is InChI=1S/C13H17ClN2O/c1-10(15-17)12-9-11(14)5-6-13(12)16-7-3-2-4-8-16/h5-6,9,17H,2-4,7-8H2,1H3/b15-10+. The van der Waals surface area contributed by atoms with Gasteiger partial charge >= 0.3 is 0 Å². The zero-order chi connectivity index (χ0) is 12.3. The van der Waals surface area contributed by atoms with E-state index in [0.29, 0.717) is 10.7 Å². The predicted molar refractivity (Wildman–Crippen MR) is 71.5 cm³/mol. The second kappa shape index (κ2) is 5.41. The number of nitrogens with zero attached hydrogens (tertiary/aromatic N) is 2. The van der Waals surface area contributed by atoms with Gasteiger partial charge in [-0.2, -0.15) is 0 Å². The Labute approximate surface area is 107 Å². The summed E-state index contributed by atoms with van der Waals surface area (Å²) in [6, 6.07) is 5.76. The van der Waals surface area contributed by atoms with E-state index in [1.54, 1.807) is 6.92 Å². The molecule has 0 amide bonds. The maximum Gasteiger partial charge on any atom is 0.0858 e. The summed E-state index contributed by atoms with van der Waals surface area (Å²) in [7, 11) is 0. The van der Waals surface area contributed by atoms with E-state index in [-0.39, 0.29) is 0 Å². The van der Waals surface area contributed by atoms with Crippen LogP contribution in [0.2, 0.25) is 5.02 Å². The van der Waals surface area contributed by atoms with Crippen LogP contribution >= 0.6 is 11.6 Å². The van der Waals surface area contributed by atoms with Crippen LogP contribution in [0.3, 0.4) is 0 Å². The summed E-state index contributed by atoms with van der Waals surface area (Å²) in [6.07, 6.45) is 3.74. The van der Waals surface area contributed by atoms with E-state index in [1.807, 2.05) is 18.2 Å². The van der Waals surface area contributed by atoms with Gasteiger partial charge in [-0.1, -0.05) is 16.8 Å². The molecule has 1 fully saturated rings. The molecule has 17 heavy (non-hydrogen) atoms. The minimum atomic E-state index is 0.605. The van der Waals surface area contributed by atoms with Crippen molar-refractivity contribution in [3.63, 3.8) is 0 Å². The summed E-state index contributed by atoms with van der Waals surface area (Å²) in [4.78, 5) is 2.34. The van der Waals surface area contributed by atoms with Gasteiger partial charge in [0.05, 0.1) is 5.71 Å². The van der Waals surface area contributed by atoms with Gasteiger partial charge in [-0.05, 0) is 44.4 Å². The molecule has 1 aromatic rings. The average molecular weight is 253 g/mol. The summed E-state index contributed by atoms with van der Waals surface area (Å²) in [5, 5.41) is 12.9. The third kappa shape index (κ3) is 2.72. The van der Waals surface area contributed by atoms with Gasteiger partial charge in [-0.15, -0.1) is 0 Å². The Morgan fingerprint density at radius 2 is 2.00 bits per heavy atom. The number of oxime groups is 1. The first kappa shape index (κ1) is 12.2. The largest absolute Gasteiger partial charge is 0.411 e. The first-order valence-electron chi connectivity index (χ1n) is 5.96. The van der Waals surface area contributed by atoms with Crippen molar-refractivity contribution in [2.45, 2.75) is 26.2 Å². The van der Waals surface area contributed by atoms with Crippen molar-refractivity contribution in [2.24, 2.45) is 5.16 Å². The van der Waals surface area contributed by atoms with Crippen molar-refractivity contribution < 1.29 is 5.21 Å². The molecule has 0 spiro atoms. The zero-order valence-corrected chi connectivity index (χ0v) is 10.7. The lowest BCUT2D eigenvalue weighted by molar-refractivity contribution is 0.319. The number of hydrogen-bond acceptors (Lipinski definition) is 3. The molecule has 1 heterocycles. The molecule has 4 heteroatoms. The number of piperidine rings is 1. The molecule has 3 nitrogen and oxygen atoms in total. The molecule has 0 aliphatic carbocycles. The Kier molecular flexibility index (Phi) is 3.89. The minimum absolute atomic E-state index is 0.605. The van der Waals surface area contributed by atoms with E-state index in [4.69, 9.17) is 16.8 Å². The quantitative estimate of drug-likeness (QED) is 0.497. The van der Waals surface area contributed by atoms with Gasteiger partial charge in [0.2, 0.25) is 0 Å². The second-order valence-corrected chi connectivity index (χ2v) is 4.83. The smallest absolute Gasteiger partial charge is 0.0858 e. The SMILES string of the molecule is C/C(=N\O)c1cc(Cl)ccc1N1CCCCC1. The van der Waals surface area contributed by atoms with Crippen molar-refractivity contribution in [3.8, 4) is 0 Å². The van der Waals surface area contributed by atoms with Crippen molar-refractivity contribution in [1.29, 1.82) is 0 Å². The third-order valence-electron chi connectivity index (χ3n) is 3.20. The first-order chi connectivity index (χ1) is 8.22. The third-order valence-corrected chi connectivity index (χ3v) is 3.43. The molecular formula is C13H17ClN2O. The highest BCUT2D eigenvalue weighted by atomic mass is 35.5. The van der Waals surface area contributed by atoms with Crippen LogP contribution < -0.4 is 4.90 Å². The molecule has 92 valence electrons. The van der Waals surface area contributed by atoms with Crippen LogP contribution in [0.4, 0.5) is 5.69 Å². The lowest BCUT2D eigenvalue weighted by Gasteiger charge is -2.30. The Hall–Kier alpha value is -1.22. The minimum Gasteiger partial charge on any atom is -0.411 e. The summed E-state index contributed by atoms with van der Waals surface area (Å²) in [6.45, 7) is 3.92. The first-order valence-corrected chi connectivity index (χ1v) is 6.33. The fraction of sp³-hybridized carbons (Fsp3) is 0.462. The fourth-order valence-corrected chi connectivity index (χ4v) is 2.43. The average Bonchev–Trinajstić information content (AvgIpc) is 2.38. The predicted octanol–water partition coefficient (Wildman–Crippen LogP) is 3.53. The van der Waals surface area contributed by atoms with Crippen LogP contribution in [0.5, 0.6) is 0 Å². The Morgan fingerprint density at radius 3 is 2.65 bits per heavy atom. The molecule has 0 saturated carbocycles. The Morgan fingerprint density at radius 1 is 1.29 bits per heavy atom. The summed E-state index contributed by atoms with van der Waals surface area (Å²) in [5.41, 5.74) is 2.64.